The number of aliphatic hydroxyl groups excluding tert-OH is 2. The van der Waals surface area contributed by atoms with Gasteiger partial charge < -0.3 is 15.3 Å². The normalized spacial score (nSPS) is 14.8. The Kier molecular flexibility index (Phi) is 15.5. The van der Waals surface area contributed by atoms with Crippen molar-refractivity contribution in [2.45, 2.75) is 83.3 Å². The predicted octanol–water partition coefficient (Wildman–Crippen LogP) is 4.38. The molecule has 0 aromatic rings. The smallest absolute Gasteiger partial charge is 0.303 e. The Morgan fingerprint density at radius 3 is 2.12 bits per heavy atom. The topological polar surface area (TPSA) is 77.8 Å². The minimum Gasteiger partial charge on any atom is -0.481 e. The second kappa shape index (κ2) is 16.5. The highest BCUT2D eigenvalue weighted by Crippen LogP contribution is 2.09. The molecule has 0 fully saturated rings. The van der Waals surface area contributed by atoms with E-state index in [4.69, 9.17) is 5.11 Å². The quantitative estimate of drug-likeness (QED) is 0.306. The van der Waals surface area contributed by atoms with Crippen LogP contribution in [0.1, 0.15) is 71.1 Å². The zero-order valence-corrected chi connectivity index (χ0v) is 14.9. The molecule has 0 unspecified atom stereocenters. The van der Waals surface area contributed by atoms with Gasteiger partial charge in [-0.05, 0) is 44.9 Å². The van der Waals surface area contributed by atoms with Crippen LogP contribution in [0.4, 0.5) is 0 Å². The number of hydrogen-bond donors (Lipinski definition) is 3. The first-order valence-electron chi connectivity index (χ1n) is 9.10. The highest BCUT2D eigenvalue weighted by molar-refractivity contribution is 5.66. The summed E-state index contributed by atoms with van der Waals surface area (Å²) < 4.78 is 0. The summed E-state index contributed by atoms with van der Waals surface area (Å²) in [4.78, 5) is 10.4. The molecular formula is C20H34O4. The zero-order chi connectivity index (χ0) is 18.0. The van der Waals surface area contributed by atoms with Gasteiger partial charge in [0.25, 0.3) is 0 Å². The molecule has 0 saturated heterocycles. The fourth-order valence-electron chi connectivity index (χ4n) is 2.22. The molecule has 0 spiro atoms. The van der Waals surface area contributed by atoms with Crippen molar-refractivity contribution >= 4 is 5.97 Å². The lowest BCUT2D eigenvalue weighted by molar-refractivity contribution is -0.137. The van der Waals surface area contributed by atoms with E-state index in [9.17, 15) is 15.0 Å². The van der Waals surface area contributed by atoms with Crippen molar-refractivity contribution in [3.05, 3.63) is 36.5 Å². The fourth-order valence-corrected chi connectivity index (χ4v) is 2.22. The van der Waals surface area contributed by atoms with Gasteiger partial charge in [0.05, 0.1) is 12.2 Å². The summed E-state index contributed by atoms with van der Waals surface area (Å²) in [7, 11) is 0. The van der Waals surface area contributed by atoms with Gasteiger partial charge in [0.15, 0.2) is 0 Å². The molecule has 138 valence electrons. The SMILES string of the molecule is CCCCC/C=C\C/C=C\C/C=C\C[C@@H](O)[C@@H](O)CCCC(=O)O. The maximum atomic E-state index is 10.4. The van der Waals surface area contributed by atoms with E-state index in [0.717, 1.165) is 19.3 Å². The number of carbonyl (C=O) groups is 1. The van der Waals surface area contributed by atoms with Crippen LogP contribution in [0, 0.1) is 0 Å². The Labute approximate surface area is 146 Å². The van der Waals surface area contributed by atoms with Gasteiger partial charge in [-0.25, -0.2) is 0 Å². The molecule has 0 aromatic heterocycles. The van der Waals surface area contributed by atoms with E-state index in [1.54, 1.807) is 0 Å². The number of aliphatic carboxylic acids is 1. The molecular weight excluding hydrogens is 304 g/mol. The van der Waals surface area contributed by atoms with E-state index in [2.05, 4.69) is 31.2 Å². The number of carboxylic acids is 1. The summed E-state index contributed by atoms with van der Waals surface area (Å²) in [6, 6.07) is 0. The summed E-state index contributed by atoms with van der Waals surface area (Å²) in [5.41, 5.74) is 0. The Balaban J connectivity index is 3.65. The highest BCUT2D eigenvalue weighted by atomic mass is 16.4. The summed E-state index contributed by atoms with van der Waals surface area (Å²) >= 11 is 0. The van der Waals surface area contributed by atoms with E-state index < -0.39 is 18.2 Å². The first kappa shape index (κ1) is 22.6. The van der Waals surface area contributed by atoms with E-state index >= 15 is 0 Å². The third-order valence-corrected chi connectivity index (χ3v) is 3.73. The van der Waals surface area contributed by atoms with E-state index in [-0.39, 0.29) is 6.42 Å². The van der Waals surface area contributed by atoms with Crippen LogP contribution in [-0.4, -0.2) is 33.5 Å². The lowest BCUT2D eigenvalue weighted by Gasteiger charge is -2.15. The molecule has 0 saturated carbocycles. The van der Waals surface area contributed by atoms with Crippen LogP contribution in [0.25, 0.3) is 0 Å². The number of rotatable bonds is 15. The molecule has 0 rings (SSSR count). The first-order valence-corrected chi connectivity index (χ1v) is 9.10. The third kappa shape index (κ3) is 15.5. The molecule has 0 radical (unpaired) electrons. The number of allylic oxidation sites excluding steroid dienone is 5. The minimum atomic E-state index is -0.876. The summed E-state index contributed by atoms with van der Waals surface area (Å²) in [5, 5.41) is 28.0. The standard InChI is InChI=1S/C20H34O4/c1-2-3-4-5-6-7-8-9-10-11-12-13-15-18(21)19(22)16-14-17-20(23)24/h6-7,9-10,12-13,18-19,21-22H,2-5,8,11,14-17H2,1H3,(H,23,24)/b7-6-,10-9-,13-12-/t18-,19+/m1/s1. The molecule has 0 amide bonds. The van der Waals surface area contributed by atoms with Gasteiger partial charge >= 0.3 is 5.97 Å². The van der Waals surface area contributed by atoms with Crippen molar-refractivity contribution in [2.75, 3.05) is 0 Å². The van der Waals surface area contributed by atoms with Crippen molar-refractivity contribution < 1.29 is 20.1 Å². The van der Waals surface area contributed by atoms with Crippen LogP contribution in [0.5, 0.6) is 0 Å². The Hall–Kier alpha value is -1.39. The predicted molar refractivity (Wildman–Crippen MR) is 98.9 cm³/mol. The van der Waals surface area contributed by atoms with Crippen LogP contribution in [0.3, 0.4) is 0 Å². The van der Waals surface area contributed by atoms with Crippen molar-refractivity contribution in [1.82, 2.24) is 0 Å². The van der Waals surface area contributed by atoms with Gasteiger partial charge in [-0.15, -0.1) is 0 Å². The number of carboxylic acid groups (broad SMARTS) is 1. The van der Waals surface area contributed by atoms with Crippen LogP contribution in [0.2, 0.25) is 0 Å². The largest absolute Gasteiger partial charge is 0.481 e. The average Bonchev–Trinajstić information content (AvgIpc) is 2.55. The van der Waals surface area contributed by atoms with Crippen LogP contribution >= 0.6 is 0 Å². The molecule has 0 aliphatic rings. The average molecular weight is 338 g/mol. The van der Waals surface area contributed by atoms with Gasteiger partial charge in [-0.3, -0.25) is 4.79 Å². The van der Waals surface area contributed by atoms with Gasteiger partial charge in [-0.2, -0.15) is 0 Å². The molecule has 4 nitrogen and oxygen atoms in total. The molecule has 0 aromatic carbocycles. The Morgan fingerprint density at radius 1 is 0.875 bits per heavy atom. The van der Waals surface area contributed by atoms with Crippen molar-refractivity contribution in [1.29, 1.82) is 0 Å². The summed E-state index contributed by atoms with van der Waals surface area (Å²) in [5.74, 6) is -0.876. The second-order valence-corrected chi connectivity index (χ2v) is 6.04. The zero-order valence-electron chi connectivity index (χ0n) is 14.9. The number of aliphatic hydroxyl groups is 2. The van der Waals surface area contributed by atoms with Gasteiger partial charge in [0, 0.05) is 6.42 Å². The minimum absolute atomic E-state index is 0.0253. The van der Waals surface area contributed by atoms with Crippen molar-refractivity contribution in [2.24, 2.45) is 0 Å². The van der Waals surface area contributed by atoms with Gasteiger partial charge in [0.1, 0.15) is 0 Å². The molecule has 0 aliphatic heterocycles. The lowest BCUT2D eigenvalue weighted by Crippen LogP contribution is -2.25. The van der Waals surface area contributed by atoms with Crippen LogP contribution in [-0.2, 0) is 4.79 Å². The summed E-state index contributed by atoms with van der Waals surface area (Å²) in [6.07, 6.45) is 18.6. The molecule has 0 heterocycles. The molecule has 4 heteroatoms. The van der Waals surface area contributed by atoms with Gasteiger partial charge in [-0.1, -0.05) is 56.2 Å². The third-order valence-electron chi connectivity index (χ3n) is 3.73. The summed E-state index contributed by atoms with van der Waals surface area (Å²) in [6.45, 7) is 2.21. The van der Waals surface area contributed by atoms with E-state index in [0.29, 0.717) is 19.3 Å². The monoisotopic (exact) mass is 338 g/mol. The first-order chi connectivity index (χ1) is 11.6. The molecule has 0 bridgehead atoms. The molecule has 2 atom stereocenters. The van der Waals surface area contributed by atoms with Crippen LogP contribution in [0.15, 0.2) is 36.5 Å². The van der Waals surface area contributed by atoms with E-state index in [1.807, 2.05) is 12.2 Å². The maximum absolute atomic E-state index is 10.4. The molecule has 24 heavy (non-hydrogen) atoms. The molecule has 3 N–H and O–H groups in total. The second-order valence-electron chi connectivity index (χ2n) is 6.04. The maximum Gasteiger partial charge on any atom is 0.303 e. The highest BCUT2D eigenvalue weighted by Gasteiger charge is 2.14. The fraction of sp³-hybridized carbons (Fsp3) is 0.650. The number of hydrogen-bond acceptors (Lipinski definition) is 3. The lowest BCUT2D eigenvalue weighted by atomic mass is 10.0. The van der Waals surface area contributed by atoms with Gasteiger partial charge in [0.2, 0.25) is 0 Å². The Bertz CT molecular complexity index is 385. The van der Waals surface area contributed by atoms with Crippen molar-refractivity contribution in [3.8, 4) is 0 Å². The van der Waals surface area contributed by atoms with E-state index in [1.165, 1.54) is 19.3 Å². The van der Waals surface area contributed by atoms with Crippen LogP contribution < -0.4 is 0 Å². The van der Waals surface area contributed by atoms with Crippen molar-refractivity contribution in [3.63, 3.8) is 0 Å². The Morgan fingerprint density at radius 2 is 1.50 bits per heavy atom. The number of unbranched alkanes of at least 4 members (excludes halogenated alkanes) is 3. The molecule has 0 aliphatic carbocycles.